The molecule has 1 aliphatic rings. The van der Waals surface area contributed by atoms with Gasteiger partial charge in [-0.05, 0) is 29.6 Å². The van der Waals surface area contributed by atoms with Gasteiger partial charge in [-0.1, -0.05) is 37.0 Å². The van der Waals surface area contributed by atoms with E-state index in [9.17, 15) is 0 Å². The Balaban J connectivity index is 1.44. The fourth-order valence-corrected chi connectivity index (χ4v) is 4.82. The SMILES string of the molecule is CCCCCNc1nc(N)nc2ccn(Cc3ccc(CN4CCN(CCN=[N+]=[N-])CC4)cc3OC)c12. The number of anilines is 2. The predicted molar refractivity (Wildman–Crippen MR) is 148 cm³/mol. The number of rotatable bonds is 13. The lowest BCUT2D eigenvalue weighted by atomic mass is 10.1. The number of azide groups is 1. The van der Waals surface area contributed by atoms with E-state index in [4.69, 9.17) is 16.0 Å². The second-order valence-corrected chi connectivity index (χ2v) is 9.46. The Labute approximate surface area is 218 Å². The van der Waals surface area contributed by atoms with Gasteiger partial charge in [-0.3, -0.25) is 4.90 Å². The van der Waals surface area contributed by atoms with Gasteiger partial charge in [0.15, 0.2) is 5.82 Å². The van der Waals surface area contributed by atoms with E-state index >= 15 is 0 Å². The summed E-state index contributed by atoms with van der Waals surface area (Å²) < 4.78 is 7.96. The van der Waals surface area contributed by atoms with Crippen LogP contribution in [0.5, 0.6) is 5.75 Å². The molecular formula is C26H38N10O. The molecule has 1 aliphatic heterocycles. The van der Waals surface area contributed by atoms with Crippen LogP contribution in [0, 0.1) is 0 Å². The van der Waals surface area contributed by atoms with Crippen molar-refractivity contribution in [2.45, 2.75) is 39.3 Å². The number of ether oxygens (including phenoxy) is 1. The molecule has 0 unspecified atom stereocenters. The number of hydrogen-bond acceptors (Lipinski definition) is 8. The summed E-state index contributed by atoms with van der Waals surface area (Å²) in [5.41, 5.74) is 18.6. The van der Waals surface area contributed by atoms with Crippen LogP contribution in [0.25, 0.3) is 21.5 Å². The lowest BCUT2D eigenvalue weighted by molar-refractivity contribution is 0.130. The van der Waals surface area contributed by atoms with Crippen molar-refractivity contribution in [3.63, 3.8) is 0 Å². The molecule has 0 amide bonds. The number of benzene rings is 1. The third kappa shape index (κ3) is 7.03. The van der Waals surface area contributed by atoms with Crippen molar-refractivity contribution < 1.29 is 4.74 Å². The maximum Gasteiger partial charge on any atom is 0.222 e. The molecule has 0 atom stereocenters. The fourth-order valence-electron chi connectivity index (χ4n) is 4.82. The summed E-state index contributed by atoms with van der Waals surface area (Å²) in [4.78, 5) is 16.6. The summed E-state index contributed by atoms with van der Waals surface area (Å²) in [7, 11) is 1.73. The van der Waals surface area contributed by atoms with E-state index in [1.807, 2.05) is 12.3 Å². The topological polar surface area (TPSA) is 133 Å². The number of aromatic nitrogens is 3. The van der Waals surface area contributed by atoms with E-state index in [0.717, 1.165) is 80.4 Å². The van der Waals surface area contributed by atoms with Gasteiger partial charge in [0.2, 0.25) is 5.95 Å². The van der Waals surface area contributed by atoms with Crippen molar-refractivity contribution in [1.82, 2.24) is 24.3 Å². The highest BCUT2D eigenvalue weighted by atomic mass is 16.5. The molecule has 11 nitrogen and oxygen atoms in total. The molecule has 0 radical (unpaired) electrons. The Kier molecular flexibility index (Phi) is 9.42. The van der Waals surface area contributed by atoms with Crippen LogP contribution < -0.4 is 15.8 Å². The summed E-state index contributed by atoms with van der Waals surface area (Å²) in [6, 6.07) is 8.48. The van der Waals surface area contributed by atoms with Gasteiger partial charge in [-0.25, -0.2) is 4.98 Å². The minimum absolute atomic E-state index is 0.279. The maximum atomic E-state index is 8.46. The molecule has 1 aromatic carbocycles. The molecule has 0 saturated carbocycles. The molecule has 3 heterocycles. The second-order valence-electron chi connectivity index (χ2n) is 9.46. The Morgan fingerprint density at radius 2 is 1.92 bits per heavy atom. The van der Waals surface area contributed by atoms with E-state index in [0.29, 0.717) is 13.1 Å². The minimum Gasteiger partial charge on any atom is -0.496 e. The Morgan fingerprint density at radius 1 is 1.11 bits per heavy atom. The lowest BCUT2D eigenvalue weighted by Crippen LogP contribution is -2.46. The van der Waals surface area contributed by atoms with Crippen molar-refractivity contribution in [2.24, 2.45) is 5.11 Å². The average molecular weight is 507 g/mol. The summed E-state index contributed by atoms with van der Waals surface area (Å²) in [6.07, 6.45) is 5.46. The molecule has 2 aromatic heterocycles. The van der Waals surface area contributed by atoms with Crippen molar-refractivity contribution in [3.05, 3.63) is 52.0 Å². The summed E-state index contributed by atoms with van der Waals surface area (Å²) in [6.45, 7) is 9.88. The smallest absolute Gasteiger partial charge is 0.222 e. The average Bonchev–Trinajstić information content (AvgIpc) is 3.31. The quantitative estimate of drug-likeness (QED) is 0.154. The van der Waals surface area contributed by atoms with Gasteiger partial charge < -0.3 is 25.3 Å². The first-order chi connectivity index (χ1) is 18.1. The summed E-state index contributed by atoms with van der Waals surface area (Å²) >= 11 is 0. The molecule has 1 saturated heterocycles. The highest BCUT2D eigenvalue weighted by Gasteiger charge is 2.18. The zero-order valence-corrected chi connectivity index (χ0v) is 21.9. The van der Waals surface area contributed by atoms with Gasteiger partial charge in [0.25, 0.3) is 0 Å². The molecule has 3 aromatic rings. The zero-order chi connectivity index (χ0) is 26.0. The molecule has 0 bridgehead atoms. The third-order valence-electron chi connectivity index (χ3n) is 6.84. The number of fused-ring (bicyclic) bond motifs is 1. The van der Waals surface area contributed by atoms with E-state index in [-0.39, 0.29) is 5.95 Å². The fraction of sp³-hybridized carbons (Fsp3) is 0.538. The molecule has 11 heteroatoms. The van der Waals surface area contributed by atoms with Crippen LogP contribution in [0.3, 0.4) is 0 Å². The number of nitrogens with one attached hydrogen (secondary N) is 1. The second kappa shape index (κ2) is 13.1. The van der Waals surface area contributed by atoms with Crippen LogP contribution in [-0.4, -0.2) is 77.3 Å². The molecule has 198 valence electrons. The van der Waals surface area contributed by atoms with Crippen LogP contribution in [0.15, 0.2) is 35.6 Å². The van der Waals surface area contributed by atoms with Crippen molar-refractivity contribution in [1.29, 1.82) is 0 Å². The number of nitrogens with zero attached hydrogens (tertiary/aromatic N) is 8. The number of piperazine rings is 1. The number of nitrogens with two attached hydrogens (primary N) is 1. The first kappa shape index (κ1) is 26.5. The molecule has 4 rings (SSSR count). The van der Waals surface area contributed by atoms with E-state index < -0.39 is 0 Å². The van der Waals surface area contributed by atoms with E-state index in [2.05, 4.69) is 64.8 Å². The van der Waals surface area contributed by atoms with Gasteiger partial charge in [0.05, 0.1) is 19.2 Å². The normalized spacial score (nSPS) is 14.5. The molecular weight excluding hydrogens is 468 g/mol. The van der Waals surface area contributed by atoms with E-state index in [1.165, 1.54) is 18.4 Å². The number of hydrogen-bond donors (Lipinski definition) is 2. The molecule has 0 spiro atoms. The largest absolute Gasteiger partial charge is 0.496 e. The Morgan fingerprint density at radius 3 is 2.68 bits per heavy atom. The summed E-state index contributed by atoms with van der Waals surface area (Å²) in [5.74, 6) is 1.93. The van der Waals surface area contributed by atoms with Gasteiger partial charge >= 0.3 is 0 Å². The molecule has 3 N–H and O–H groups in total. The van der Waals surface area contributed by atoms with Crippen molar-refractivity contribution in [2.75, 3.05) is 64.0 Å². The maximum absolute atomic E-state index is 8.46. The lowest BCUT2D eigenvalue weighted by Gasteiger charge is -2.34. The van der Waals surface area contributed by atoms with Crippen LogP contribution in [0.1, 0.15) is 37.3 Å². The predicted octanol–water partition coefficient (Wildman–Crippen LogP) is 4.10. The van der Waals surface area contributed by atoms with Crippen molar-refractivity contribution >= 4 is 22.8 Å². The Bertz CT molecular complexity index is 1210. The van der Waals surface area contributed by atoms with Gasteiger partial charge in [0, 0.05) is 69.0 Å². The minimum atomic E-state index is 0.279. The number of nitrogen functional groups attached to an aromatic ring is 1. The highest BCUT2D eigenvalue weighted by molar-refractivity contribution is 5.87. The number of methoxy groups -OCH3 is 1. The first-order valence-electron chi connectivity index (χ1n) is 13.1. The van der Waals surface area contributed by atoms with Crippen LogP contribution >= 0.6 is 0 Å². The van der Waals surface area contributed by atoms with Crippen molar-refractivity contribution in [3.8, 4) is 5.75 Å². The van der Waals surface area contributed by atoms with E-state index in [1.54, 1.807) is 7.11 Å². The van der Waals surface area contributed by atoms with Gasteiger partial charge in [-0.15, -0.1) is 0 Å². The van der Waals surface area contributed by atoms with Crippen LogP contribution in [0.4, 0.5) is 11.8 Å². The Hall–Kier alpha value is -3.53. The first-order valence-corrected chi connectivity index (χ1v) is 13.1. The van der Waals surface area contributed by atoms with Crippen LogP contribution in [-0.2, 0) is 13.1 Å². The van der Waals surface area contributed by atoms with Crippen LogP contribution in [0.2, 0.25) is 0 Å². The highest BCUT2D eigenvalue weighted by Crippen LogP contribution is 2.27. The molecule has 1 fully saturated rings. The van der Waals surface area contributed by atoms with Gasteiger partial charge in [-0.2, -0.15) is 4.98 Å². The third-order valence-corrected chi connectivity index (χ3v) is 6.84. The molecule has 0 aliphatic carbocycles. The number of unbranched alkanes of at least 4 members (excludes halogenated alkanes) is 2. The monoisotopic (exact) mass is 506 g/mol. The standard InChI is InChI=1S/C26H38N10O/c1-3-4-5-9-29-25-24-22(31-26(27)32-25)8-11-36(24)19-21-7-6-20(17-23(21)37-2)18-35-15-13-34(14-16-35)12-10-30-33-28/h6-8,11,17H,3-5,9-10,12-16,18-19H2,1-2H3,(H3,27,29,31,32). The zero-order valence-electron chi connectivity index (χ0n) is 21.9. The van der Waals surface area contributed by atoms with Gasteiger partial charge in [0.1, 0.15) is 11.3 Å². The summed E-state index contributed by atoms with van der Waals surface area (Å²) in [5, 5.41) is 7.11. The molecule has 37 heavy (non-hydrogen) atoms.